The van der Waals surface area contributed by atoms with Gasteiger partial charge in [-0.05, 0) is 0 Å². The van der Waals surface area contributed by atoms with Crippen LogP contribution in [0.5, 0.6) is 0 Å². The molecule has 0 amide bonds. The molecule has 0 aromatic rings. The average Bonchev–Trinajstić information content (AvgIpc) is 1.93. The zero-order valence-electron chi connectivity index (χ0n) is 6.05. The third-order valence-electron chi connectivity index (χ3n) is 0.744. The van der Waals surface area contributed by atoms with Gasteiger partial charge in [-0.2, -0.15) is 0 Å². The zero-order valence-corrected chi connectivity index (χ0v) is 6.05. The number of methoxy groups -OCH3 is 1. The number of ether oxygens (including phenoxy) is 3. The zero-order chi connectivity index (χ0) is 6.95. The SMILES string of the molecule is C1COCCO1.COC. The van der Waals surface area contributed by atoms with Crippen LogP contribution in [0.25, 0.3) is 0 Å². The van der Waals surface area contributed by atoms with Crippen LogP contribution < -0.4 is 0 Å². The molecule has 1 saturated heterocycles. The van der Waals surface area contributed by atoms with Crippen LogP contribution in [0.4, 0.5) is 0 Å². The predicted molar refractivity (Wildman–Crippen MR) is 34.6 cm³/mol. The van der Waals surface area contributed by atoms with Crippen molar-refractivity contribution in [3.63, 3.8) is 0 Å². The summed E-state index contributed by atoms with van der Waals surface area (Å²) in [5, 5.41) is 0. The van der Waals surface area contributed by atoms with Gasteiger partial charge in [-0.3, -0.25) is 0 Å². The van der Waals surface area contributed by atoms with E-state index in [0.717, 1.165) is 26.4 Å². The largest absolute Gasteiger partial charge is 0.388 e. The van der Waals surface area contributed by atoms with Crippen LogP contribution >= 0.6 is 0 Å². The van der Waals surface area contributed by atoms with Crippen LogP contribution in [0.15, 0.2) is 0 Å². The lowest BCUT2D eigenvalue weighted by Gasteiger charge is -2.09. The van der Waals surface area contributed by atoms with E-state index in [-0.39, 0.29) is 0 Å². The first-order valence-electron chi connectivity index (χ1n) is 2.97. The molecule has 3 heteroatoms. The first-order chi connectivity index (χ1) is 4.41. The van der Waals surface area contributed by atoms with E-state index in [2.05, 4.69) is 4.74 Å². The summed E-state index contributed by atoms with van der Waals surface area (Å²) >= 11 is 0. The summed E-state index contributed by atoms with van der Waals surface area (Å²) in [7, 11) is 3.25. The Hall–Kier alpha value is -0.120. The van der Waals surface area contributed by atoms with Gasteiger partial charge >= 0.3 is 0 Å². The molecule has 9 heavy (non-hydrogen) atoms. The van der Waals surface area contributed by atoms with Crippen molar-refractivity contribution < 1.29 is 14.2 Å². The van der Waals surface area contributed by atoms with Gasteiger partial charge in [-0.25, -0.2) is 0 Å². The first-order valence-corrected chi connectivity index (χ1v) is 2.97. The molecule has 1 rings (SSSR count). The lowest BCUT2D eigenvalue weighted by Crippen LogP contribution is -2.16. The molecular weight excluding hydrogens is 120 g/mol. The Morgan fingerprint density at radius 2 is 1.11 bits per heavy atom. The highest BCUT2D eigenvalue weighted by molar-refractivity contribution is 4.37. The second kappa shape index (κ2) is 7.88. The summed E-state index contributed by atoms with van der Waals surface area (Å²) in [6.45, 7) is 3.11. The third-order valence-corrected chi connectivity index (χ3v) is 0.744. The van der Waals surface area contributed by atoms with E-state index in [1.54, 1.807) is 14.2 Å². The van der Waals surface area contributed by atoms with Crippen molar-refractivity contribution in [1.82, 2.24) is 0 Å². The number of hydrogen-bond acceptors (Lipinski definition) is 3. The fraction of sp³-hybridized carbons (Fsp3) is 1.00. The lowest BCUT2D eigenvalue weighted by atomic mass is 10.6. The van der Waals surface area contributed by atoms with Gasteiger partial charge in [0, 0.05) is 14.2 Å². The topological polar surface area (TPSA) is 27.7 Å². The monoisotopic (exact) mass is 134 g/mol. The van der Waals surface area contributed by atoms with Crippen molar-refractivity contribution in [3.05, 3.63) is 0 Å². The Bertz CT molecular complexity index is 32.1. The minimum atomic E-state index is 0.778. The summed E-state index contributed by atoms with van der Waals surface area (Å²) in [4.78, 5) is 0. The minimum absolute atomic E-state index is 0.778. The van der Waals surface area contributed by atoms with Crippen LogP contribution in [0.3, 0.4) is 0 Å². The van der Waals surface area contributed by atoms with Crippen molar-refractivity contribution in [2.75, 3.05) is 40.6 Å². The second-order valence-electron chi connectivity index (χ2n) is 1.63. The van der Waals surface area contributed by atoms with Crippen LogP contribution in [0, 0.1) is 0 Å². The van der Waals surface area contributed by atoms with Gasteiger partial charge < -0.3 is 14.2 Å². The van der Waals surface area contributed by atoms with Crippen molar-refractivity contribution >= 4 is 0 Å². The Morgan fingerprint density at radius 1 is 0.889 bits per heavy atom. The molecule has 3 nitrogen and oxygen atoms in total. The molecule has 56 valence electrons. The van der Waals surface area contributed by atoms with E-state index in [9.17, 15) is 0 Å². The van der Waals surface area contributed by atoms with Gasteiger partial charge in [0.25, 0.3) is 0 Å². The quantitative estimate of drug-likeness (QED) is 0.476. The molecule has 1 aliphatic heterocycles. The fourth-order valence-corrected chi connectivity index (χ4v) is 0.440. The van der Waals surface area contributed by atoms with Gasteiger partial charge in [0.2, 0.25) is 0 Å². The molecule has 0 bridgehead atoms. The maximum atomic E-state index is 4.94. The Balaban J connectivity index is 0.000000187. The van der Waals surface area contributed by atoms with E-state index in [4.69, 9.17) is 9.47 Å². The Morgan fingerprint density at radius 3 is 1.22 bits per heavy atom. The molecule has 0 N–H and O–H groups in total. The van der Waals surface area contributed by atoms with Gasteiger partial charge in [-0.15, -0.1) is 0 Å². The smallest absolute Gasteiger partial charge is 0.0701 e. The molecule has 0 aromatic carbocycles. The van der Waals surface area contributed by atoms with Crippen molar-refractivity contribution in [3.8, 4) is 0 Å². The Kier molecular flexibility index (Phi) is 7.77. The molecule has 0 unspecified atom stereocenters. The van der Waals surface area contributed by atoms with E-state index in [1.807, 2.05) is 0 Å². The van der Waals surface area contributed by atoms with Crippen LogP contribution in [0.2, 0.25) is 0 Å². The highest BCUT2D eigenvalue weighted by Gasteiger charge is 1.94. The van der Waals surface area contributed by atoms with E-state index < -0.39 is 0 Å². The van der Waals surface area contributed by atoms with E-state index >= 15 is 0 Å². The predicted octanol–water partition coefficient (Wildman–Crippen LogP) is 0.296. The van der Waals surface area contributed by atoms with Crippen LogP contribution in [-0.2, 0) is 14.2 Å². The normalized spacial score (nSPS) is 18.0. The number of hydrogen-bond donors (Lipinski definition) is 0. The van der Waals surface area contributed by atoms with Crippen molar-refractivity contribution in [2.45, 2.75) is 0 Å². The molecule has 1 fully saturated rings. The fourth-order valence-electron chi connectivity index (χ4n) is 0.440. The molecule has 0 saturated carbocycles. The lowest BCUT2D eigenvalue weighted by molar-refractivity contribution is -0.0334. The molecule has 1 heterocycles. The standard InChI is InChI=1S/C4H8O2.C2H6O/c1-2-6-4-3-5-1;1-3-2/h1-4H2;1-2H3. The summed E-state index contributed by atoms with van der Waals surface area (Å²) in [5.74, 6) is 0. The molecule has 0 atom stereocenters. The number of rotatable bonds is 0. The molecule has 0 spiro atoms. The highest BCUT2D eigenvalue weighted by Crippen LogP contribution is 1.85. The third kappa shape index (κ3) is 7.88. The van der Waals surface area contributed by atoms with E-state index in [1.165, 1.54) is 0 Å². The second-order valence-corrected chi connectivity index (χ2v) is 1.63. The van der Waals surface area contributed by atoms with Crippen molar-refractivity contribution in [1.29, 1.82) is 0 Å². The molecule has 0 aliphatic carbocycles. The maximum Gasteiger partial charge on any atom is 0.0701 e. The van der Waals surface area contributed by atoms with Gasteiger partial charge in [0.05, 0.1) is 26.4 Å². The summed E-state index contributed by atoms with van der Waals surface area (Å²) < 4.78 is 14.1. The molecule has 0 aromatic heterocycles. The maximum absolute atomic E-state index is 4.94. The van der Waals surface area contributed by atoms with Crippen LogP contribution in [0.1, 0.15) is 0 Å². The Labute approximate surface area is 55.9 Å². The molecule has 1 aliphatic rings. The van der Waals surface area contributed by atoms with E-state index in [0.29, 0.717) is 0 Å². The molecule has 0 radical (unpaired) electrons. The van der Waals surface area contributed by atoms with Gasteiger partial charge in [0.1, 0.15) is 0 Å². The highest BCUT2D eigenvalue weighted by atomic mass is 16.6. The summed E-state index contributed by atoms with van der Waals surface area (Å²) in [5.41, 5.74) is 0. The summed E-state index contributed by atoms with van der Waals surface area (Å²) in [6, 6.07) is 0. The summed E-state index contributed by atoms with van der Waals surface area (Å²) in [6.07, 6.45) is 0. The van der Waals surface area contributed by atoms with Crippen molar-refractivity contribution in [2.24, 2.45) is 0 Å². The average molecular weight is 134 g/mol. The van der Waals surface area contributed by atoms with Crippen LogP contribution in [-0.4, -0.2) is 40.6 Å². The first kappa shape index (κ1) is 8.88. The minimum Gasteiger partial charge on any atom is -0.388 e. The van der Waals surface area contributed by atoms with Gasteiger partial charge in [0.15, 0.2) is 0 Å². The molecular formula is C6H14O3. The van der Waals surface area contributed by atoms with Gasteiger partial charge in [-0.1, -0.05) is 0 Å².